The quantitative estimate of drug-likeness (QED) is 0.366. The Hall–Kier alpha value is -3.24. The topological polar surface area (TPSA) is 86.0 Å². The van der Waals surface area contributed by atoms with Gasteiger partial charge in [0.1, 0.15) is 16.5 Å². The van der Waals surface area contributed by atoms with E-state index in [-0.39, 0.29) is 5.91 Å². The first-order valence-corrected chi connectivity index (χ1v) is 12.5. The van der Waals surface area contributed by atoms with Crippen LogP contribution in [0.1, 0.15) is 28.3 Å². The third-order valence-corrected chi connectivity index (χ3v) is 7.36. The molecule has 3 aromatic heterocycles. The number of carbonyl (C=O) groups excluding carboxylic acids is 1. The van der Waals surface area contributed by atoms with Crippen LogP contribution in [0.5, 0.6) is 5.75 Å². The Morgan fingerprint density at radius 1 is 1.12 bits per heavy atom. The Morgan fingerprint density at radius 3 is 2.70 bits per heavy atom. The molecule has 0 aliphatic carbocycles. The van der Waals surface area contributed by atoms with Crippen molar-refractivity contribution in [3.8, 4) is 22.8 Å². The van der Waals surface area contributed by atoms with Crippen LogP contribution < -0.4 is 4.74 Å². The molecule has 10 heteroatoms. The zero-order chi connectivity index (χ0) is 22.6. The van der Waals surface area contributed by atoms with Gasteiger partial charge < -0.3 is 9.64 Å². The summed E-state index contributed by atoms with van der Waals surface area (Å²) < 4.78 is 7.59. The van der Waals surface area contributed by atoms with Crippen LogP contribution in [0.2, 0.25) is 0 Å². The fraction of sp³-hybridized carbons (Fsp3) is 0.261. The molecular formula is C23H22N6O2S2. The summed E-state index contributed by atoms with van der Waals surface area (Å²) in [6, 6.07) is 11.6. The third kappa shape index (κ3) is 4.49. The van der Waals surface area contributed by atoms with Gasteiger partial charge in [0, 0.05) is 36.4 Å². The molecule has 1 aromatic carbocycles. The SMILES string of the molecule is COc1ccccc1-n1c(SCc2nc(C(=O)N3CCCC3)cs2)nnc1-c1ccncc1. The minimum Gasteiger partial charge on any atom is -0.495 e. The van der Waals surface area contributed by atoms with Crippen molar-refractivity contribution < 1.29 is 9.53 Å². The molecule has 168 valence electrons. The molecule has 4 heterocycles. The van der Waals surface area contributed by atoms with Crippen molar-refractivity contribution >= 4 is 29.0 Å². The number of rotatable bonds is 7. The molecule has 1 aliphatic heterocycles. The maximum Gasteiger partial charge on any atom is 0.273 e. The molecule has 0 atom stereocenters. The van der Waals surface area contributed by atoms with Crippen molar-refractivity contribution in [2.75, 3.05) is 20.2 Å². The predicted molar refractivity (Wildman–Crippen MR) is 128 cm³/mol. The summed E-state index contributed by atoms with van der Waals surface area (Å²) >= 11 is 3.03. The second kappa shape index (κ2) is 9.72. The van der Waals surface area contributed by atoms with E-state index in [1.54, 1.807) is 19.5 Å². The van der Waals surface area contributed by atoms with Crippen molar-refractivity contribution in [2.45, 2.75) is 23.8 Å². The van der Waals surface area contributed by atoms with E-state index in [4.69, 9.17) is 4.74 Å². The van der Waals surface area contributed by atoms with E-state index in [1.165, 1.54) is 23.1 Å². The lowest BCUT2D eigenvalue weighted by Gasteiger charge is -2.13. The Balaban J connectivity index is 1.43. The van der Waals surface area contributed by atoms with Gasteiger partial charge in [0.2, 0.25) is 0 Å². The van der Waals surface area contributed by atoms with E-state index < -0.39 is 0 Å². The molecule has 0 saturated carbocycles. The summed E-state index contributed by atoms with van der Waals surface area (Å²) in [5, 5.41) is 12.4. The minimum absolute atomic E-state index is 0.0252. The van der Waals surface area contributed by atoms with Crippen molar-refractivity contribution in [1.82, 2.24) is 29.6 Å². The van der Waals surface area contributed by atoms with Crippen LogP contribution in [-0.4, -0.2) is 55.7 Å². The Morgan fingerprint density at radius 2 is 1.91 bits per heavy atom. The average Bonchev–Trinajstić information content (AvgIpc) is 3.64. The second-order valence-corrected chi connectivity index (χ2v) is 9.35. The van der Waals surface area contributed by atoms with Crippen LogP contribution in [0.25, 0.3) is 17.1 Å². The number of methoxy groups -OCH3 is 1. The van der Waals surface area contributed by atoms with Crippen LogP contribution in [0.3, 0.4) is 0 Å². The molecule has 1 saturated heterocycles. The average molecular weight is 479 g/mol. The molecule has 0 spiro atoms. The summed E-state index contributed by atoms with van der Waals surface area (Å²) in [5.74, 6) is 2.04. The molecular weight excluding hydrogens is 456 g/mol. The number of para-hydroxylation sites is 2. The highest BCUT2D eigenvalue weighted by atomic mass is 32.2. The first kappa shape index (κ1) is 21.6. The number of likely N-dealkylation sites (tertiary alicyclic amines) is 1. The molecule has 0 radical (unpaired) electrons. The fourth-order valence-electron chi connectivity index (χ4n) is 3.77. The maximum atomic E-state index is 12.6. The largest absolute Gasteiger partial charge is 0.495 e. The van der Waals surface area contributed by atoms with Gasteiger partial charge in [-0.05, 0) is 37.1 Å². The number of nitrogens with zero attached hydrogens (tertiary/aromatic N) is 6. The smallest absolute Gasteiger partial charge is 0.273 e. The van der Waals surface area contributed by atoms with Gasteiger partial charge in [-0.15, -0.1) is 21.5 Å². The number of carbonyl (C=O) groups is 1. The van der Waals surface area contributed by atoms with E-state index in [0.717, 1.165) is 47.9 Å². The highest BCUT2D eigenvalue weighted by molar-refractivity contribution is 7.98. The number of aromatic nitrogens is 5. The van der Waals surface area contributed by atoms with Gasteiger partial charge in [-0.3, -0.25) is 14.3 Å². The van der Waals surface area contributed by atoms with Crippen molar-refractivity contribution in [1.29, 1.82) is 0 Å². The van der Waals surface area contributed by atoms with Crippen LogP contribution >= 0.6 is 23.1 Å². The summed E-state index contributed by atoms with van der Waals surface area (Å²) in [4.78, 5) is 23.2. The normalized spacial score (nSPS) is 13.4. The highest BCUT2D eigenvalue weighted by Crippen LogP contribution is 2.33. The van der Waals surface area contributed by atoms with Gasteiger partial charge in [-0.1, -0.05) is 23.9 Å². The molecule has 0 bridgehead atoms. The number of amides is 1. The van der Waals surface area contributed by atoms with Crippen LogP contribution in [0.4, 0.5) is 0 Å². The van der Waals surface area contributed by atoms with E-state index in [2.05, 4.69) is 20.2 Å². The maximum absolute atomic E-state index is 12.6. The molecule has 1 amide bonds. The number of pyridine rings is 1. The van der Waals surface area contributed by atoms with E-state index in [1.807, 2.05) is 51.2 Å². The van der Waals surface area contributed by atoms with Crippen LogP contribution in [0.15, 0.2) is 59.3 Å². The molecule has 8 nitrogen and oxygen atoms in total. The van der Waals surface area contributed by atoms with Gasteiger partial charge in [-0.2, -0.15) is 0 Å². The van der Waals surface area contributed by atoms with Crippen LogP contribution in [-0.2, 0) is 5.75 Å². The molecule has 0 N–H and O–H groups in total. The standard InChI is InChI=1S/C23H22N6O2S2/c1-31-19-7-3-2-6-18(19)29-21(16-8-10-24-11-9-16)26-27-23(29)33-15-20-25-17(14-32-20)22(30)28-12-4-5-13-28/h2-3,6-11,14H,4-5,12-13,15H2,1H3. The predicted octanol–water partition coefficient (Wildman–Crippen LogP) is 4.32. The minimum atomic E-state index is 0.0252. The van der Waals surface area contributed by atoms with Crippen molar-refractivity contribution in [3.05, 3.63) is 64.9 Å². The number of benzene rings is 1. The Bertz CT molecular complexity index is 1250. The zero-order valence-electron chi connectivity index (χ0n) is 18.0. The lowest BCUT2D eigenvalue weighted by molar-refractivity contribution is 0.0787. The first-order chi connectivity index (χ1) is 16.2. The summed E-state index contributed by atoms with van der Waals surface area (Å²) in [6.45, 7) is 1.64. The van der Waals surface area contributed by atoms with Gasteiger partial charge in [0.15, 0.2) is 11.0 Å². The molecule has 4 aromatic rings. The monoisotopic (exact) mass is 478 g/mol. The molecule has 1 aliphatic rings. The molecule has 33 heavy (non-hydrogen) atoms. The number of hydrogen-bond acceptors (Lipinski definition) is 8. The van der Waals surface area contributed by atoms with Gasteiger partial charge in [0.25, 0.3) is 5.91 Å². The molecule has 0 unspecified atom stereocenters. The summed E-state index contributed by atoms with van der Waals surface area (Å²) in [6.07, 6.45) is 5.60. The third-order valence-electron chi connectivity index (χ3n) is 5.39. The fourth-order valence-corrected chi connectivity index (χ4v) is 5.50. The lowest BCUT2D eigenvalue weighted by Crippen LogP contribution is -2.27. The van der Waals surface area contributed by atoms with Gasteiger partial charge in [-0.25, -0.2) is 4.98 Å². The number of ether oxygens (including phenoxy) is 1. The molecule has 5 rings (SSSR count). The Labute approximate surface area is 199 Å². The Kier molecular flexibility index (Phi) is 6.36. The highest BCUT2D eigenvalue weighted by Gasteiger charge is 2.23. The van der Waals surface area contributed by atoms with E-state index >= 15 is 0 Å². The van der Waals surface area contributed by atoms with Gasteiger partial charge in [0.05, 0.1) is 18.6 Å². The van der Waals surface area contributed by atoms with E-state index in [0.29, 0.717) is 22.4 Å². The first-order valence-electron chi connectivity index (χ1n) is 10.6. The molecule has 1 fully saturated rings. The number of thiazole rings is 1. The lowest BCUT2D eigenvalue weighted by atomic mass is 10.2. The van der Waals surface area contributed by atoms with Crippen molar-refractivity contribution in [2.24, 2.45) is 0 Å². The summed E-state index contributed by atoms with van der Waals surface area (Å²) in [5.41, 5.74) is 2.28. The number of thioether (sulfide) groups is 1. The number of hydrogen-bond donors (Lipinski definition) is 0. The van der Waals surface area contributed by atoms with E-state index in [9.17, 15) is 4.79 Å². The zero-order valence-corrected chi connectivity index (χ0v) is 19.7. The summed E-state index contributed by atoms with van der Waals surface area (Å²) in [7, 11) is 1.65. The van der Waals surface area contributed by atoms with Crippen molar-refractivity contribution in [3.63, 3.8) is 0 Å². The van der Waals surface area contributed by atoms with Gasteiger partial charge >= 0.3 is 0 Å². The van der Waals surface area contributed by atoms with Crippen LogP contribution in [0, 0.1) is 0 Å². The second-order valence-electron chi connectivity index (χ2n) is 7.46.